The highest BCUT2D eigenvalue weighted by Gasteiger charge is 2.17. The lowest BCUT2D eigenvalue weighted by Gasteiger charge is -2.25. The van der Waals surface area contributed by atoms with E-state index in [1.54, 1.807) is 18.2 Å². The number of halogens is 3. The molecular formula is C21H26Cl3NO2. The molecule has 0 aliphatic heterocycles. The molecule has 0 bridgehead atoms. The molecule has 0 heterocycles. The fourth-order valence-electron chi connectivity index (χ4n) is 2.35. The van der Waals surface area contributed by atoms with Crippen LogP contribution in [-0.2, 0) is 13.2 Å². The van der Waals surface area contributed by atoms with Crippen molar-refractivity contribution < 1.29 is 9.47 Å². The van der Waals surface area contributed by atoms with Crippen molar-refractivity contribution in [2.45, 2.75) is 52.8 Å². The number of benzene rings is 2. The van der Waals surface area contributed by atoms with E-state index < -0.39 is 0 Å². The van der Waals surface area contributed by atoms with E-state index in [2.05, 4.69) is 26.1 Å². The number of ether oxygens (including phenoxy) is 2. The Kier molecular flexibility index (Phi) is 8.11. The summed E-state index contributed by atoms with van der Waals surface area (Å²) in [7, 11) is 0. The fraction of sp³-hybridized carbons (Fsp3) is 0.429. The minimum atomic E-state index is 0.0373. The summed E-state index contributed by atoms with van der Waals surface area (Å²) in [6.45, 7) is 9.91. The first-order valence-electron chi connectivity index (χ1n) is 9.02. The van der Waals surface area contributed by atoms with Gasteiger partial charge in [0, 0.05) is 38.8 Å². The second-order valence-corrected chi connectivity index (χ2v) is 8.19. The van der Waals surface area contributed by atoms with Gasteiger partial charge in [-0.15, -0.1) is 0 Å². The third-order valence-corrected chi connectivity index (χ3v) is 5.39. The molecule has 0 saturated carbocycles. The van der Waals surface area contributed by atoms with Gasteiger partial charge in [0.05, 0.1) is 6.61 Å². The normalized spacial score (nSPS) is 11.5. The minimum Gasteiger partial charge on any atom is -0.490 e. The molecule has 6 heteroatoms. The number of rotatable bonds is 9. The summed E-state index contributed by atoms with van der Waals surface area (Å²) in [5.74, 6) is 1.25. The standard InChI is InChI=1S/C21H26Cl3NO2/c1-5-21(3,4)25-12-15-9-19(26-6-2)20(11-18(15)24)27-13-14-7-8-16(22)10-17(14)23/h7-11,25H,5-6,12-13H2,1-4H3. The van der Waals surface area contributed by atoms with Gasteiger partial charge in [-0.3, -0.25) is 0 Å². The van der Waals surface area contributed by atoms with Crippen LogP contribution in [0.3, 0.4) is 0 Å². The highest BCUT2D eigenvalue weighted by molar-refractivity contribution is 6.35. The van der Waals surface area contributed by atoms with Gasteiger partial charge in [-0.2, -0.15) is 0 Å². The lowest BCUT2D eigenvalue weighted by atomic mass is 10.0. The fourth-order valence-corrected chi connectivity index (χ4v) is 3.03. The van der Waals surface area contributed by atoms with Gasteiger partial charge in [0.1, 0.15) is 6.61 Å². The van der Waals surface area contributed by atoms with Crippen LogP contribution in [-0.4, -0.2) is 12.1 Å². The minimum absolute atomic E-state index is 0.0373. The quantitative estimate of drug-likeness (QED) is 0.469. The zero-order valence-electron chi connectivity index (χ0n) is 16.2. The molecule has 0 saturated heterocycles. The van der Waals surface area contributed by atoms with Crippen LogP contribution in [0.1, 0.15) is 45.2 Å². The smallest absolute Gasteiger partial charge is 0.163 e. The Morgan fingerprint density at radius 1 is 0.889 bits per heavy atom. The van der Waals surface area contributed by atoms with Crippen molar-refractivity contribution in [2.75, 3.05) is 6.61 Å². The molecule has 0 radical (unpaired) electrons. The Morgan fingerprint density at radius 2 is 1.56 bits per heavy atom. The number of hydrogen-bond donors (Lipinski definition) is 1. The van der Waals surface area contributed by atoms with Crippen LogP contribution in [0, 0.1) is 0 Å². The lowest BCUT2D eigenvalue weighted by molar-refractivity contribution is 0.269. The second kappa shape index (κ2) is 9.88. The molecule has 2 rings (SSSR count). The molecule has 148 valence electrons. The van der Waals surface area contributed by atoms with Crippen molar-refractivity contribution in [3.8, 4) is 11.5 Å². The summed E-state index contributed by atoms with van der Waals surface area (Å²) in [6.07, 6.45) is 1.02. The van der Waals surface area contributed by atoms with Gasteiger partial charge in [0.15, 0.2) is 11.5 Å². The van der Waals surface area contributed by atoms with E-state index in [1.165, 1.54) is 0 Å². The van der Waals surface area contributed by atoms with Crippen molar-refractivity contribution in [2.24, 2.45) is 0 Å². The third-order valence-electron chi connectivity index (χ3n) is 4.45. The van der Waals surface area contributed by atoms with E-state index in [1.807, 2.05) is 19.1 Å². The Labute approximate surface area is 176 Å². The van der Waals surface area contributed by atoms with E-state index in [0.29, 0.717) is 46.3 Å². The molecule has 0 aliphatic rings. The van der Waals surface area contributed by atoms with E-state index in [0.717, 1.165) is 17.5 Å². The lowest BCUT2D eigenvalue weighted by Crippen LogP contribution is -2.37. The van der Waals surface area contributed by atoms with Crippen molar-refractivity contribution in [3.63, 3.8) is 0 Å². The highest BCUT2D eigenvalue weighted by Crippen LogP contribution is 2.35. The highest BCUT2D eigenvalue weighted by atomic mass is 35.5. The summed E-state index contributed by atoms with van der Waals surface area (Å²) < 4.78 is 11.7. The SMILES string of the molecule is CCOc1cc(CNC(C)(C)CC)c(Cl)cc1OCc1ccc(Cl)cc1Cl. The first-order chi connectivity index (χ1) is 12.8. The summed E-state index contributed by atoms with van der Waals surface area (Å²) in [4.78, 5) is 0. The monoisotopic (exact) mass is 429 g/mol. The predicted molar refractivity (Wildman–Crippen MR) is 115 cm³/mol. The van der Waals surface area contributed by atoms with E-state index in [9.17, 15) is 0 Å². The van der Waals surface area contributed by atoms with E-state index >= 15 is 0 Å². The van der Waals surface area contributed by atoms with Gasteiger partial charge >= 0.3 is 0 Å². The van der Waals surface area contributed by atoms with E-state index in [-0.39, 0.29) is 5.54 Å². The molecule has 2 aromatic carbocycles. The second-order valence-electron chi connectivity index (χ2n) is 6.94. The van der Waals surface area contributed by atoms with Crippen LogP contribution in [0.4, 0.5) is 0 Å². The third kappa shape index (κ3) is 6.46. The van der Waals surface area contributed by atoms with Gasteiger partial charge in [-0.25, -0.2) is 0 Å². The number of nitrogens with one attached hydrogen (secondary N) is 1. The first kappa shape index (κ1) is 22.2. The Hall–Kier alpha value is -1.13. The molecule has 0 aromatic heterocycles. The van der Waals surface area contributed by atoms with Gasteiger partial charge in [-0.1, -0.05) is 47.8 Å². The molecule has 27 heavy (non-hydrogen) atoms. The summed E-state index contributed by atoms with van der Waals surface area (Å²) >= 11 is 18.7. The van der Waals surface area contributed by atoms with Crippen LogP contribution in [0.15, 0.2) is 30.3 Å². The maximum Gasteiger partial charge on any atom is 0.163 e. The summed E-state index contributed by atoms with van der Waals surface area (Å²) in [5, 5.41) is 5.30. The topological polar surface area (TPSA) is 30.5 Å². The molecule has 0 aliphatic carbocycles. The largest absolute Gasteiger partial charge is 0.490 e. The van der Waals surface area contributed by atoms with Gasteiger partial charge in [0.25, 0.3) is 0 Å². The molecule has 3 nitrogen and oxygen atoms in total. The molecule has 0 atom stereocenters. The van der Waals surface area contributed by atoms with E-state index in [4.69, 9.17) is 44.3 Å². The van der Waals surface area contributed by atoms with Gasteiger partial charge in [-0.05, 0) is 51.0 Å². The molecule has 0 spiro atoms. The molecule has 2 aromatic rings. The summed E-state index contributed by atoms with van der Waals surface area (Å²) in [6, 6.07) is 9.06. The van der Waals surface area contributed by atoms with Crippen LogP contribution in [0.2, 0.25) is 15.1 Å². The molecule has 1 N–H and O–H groups in total. The number of hydrogen-bond acceptors (Lipinski definition) is 3. The zero-order chi connectivity index (χ0) is 20.0. The Balaban J connectivity index is 2.19. The van der Waals surface area contributed by atoms with Crippen LogP contribution < -0.4 is 14.8 Å². The molecule has 0 unspecified atom stereocenters. The van der Waals surface area contributed by atoms with Gasteiger partial charge in [0.2, 0.25) is 0 Å². The zero-order valence-corrected chi connectivity index (χ0v) is 18.4. The van der Waals surface area contributed by atoms with Crippen LogP contribution >= 0.6 is 34.8 Å². The average Bonchev–Trinajstić information content (AvgIpc) is 2.62. The van der Waals surface area contributed by atoms with Crippen molar-refractivity contribution in [3.05, 3.63) is 56.5 Å². The maximum absolute atomic E-state index is 6.49. The van der Waals surface area contributed by atoms with Crippen molar-refractivity contribution in [1.29, 1.82) is 0 Å². The van der Waals surface area contributed by atoms with Gasteiger partial charge < -0.3 is 14.8 Å². The van der Waals surface area contributed by atoms with Crippen LogP contribution in [0.25, 0.3) is 0 Å². The maximum atomic E-state index is 6.49. The molecule has 0 amide bonds. The first-order valence-corrected chi connectivity index (χ1v) is 10.2. The molecule has 0 fully saturated rings. The molecular weight excluding hydrogens is 405 g/mol. The summed E-state index contributed by atoms with van der Waals surface area (Å²) in [5.41, 5.74) is 1.85. The van der Waals surface area contributed by atoms with Crippen LogP contribution in [0.5, 0.6) is 11.5 Å². The predicted octanol–water partition coefficient (Wildman–Crippen LogP) is 6.90. The Morgan fingerprint density at radius 3 is 2.19 bits per heavy atom. The van der Waals surface area contributed by atoms with Crippen molar-refractivity contribution in [1.82, 2.24) is 5.32 Å². The van der Waals surface area contributed by atoms with Crippen molar-refractivity contribution >= 4 is 34.8 Å². The average molecular weight is 431 g/mol. The Bertz CT molecular complexity index is 778.